The zero-order chi connectivity index (χ0) is 12.5. The number of anilines is 1. The molecule has 0 fully saturated rings. The van der Waals surface area contributed by atoms with E-state index >= 15 is 0 Å². The minimum Gasteiger partial charge on any atom is -0.375 e. The lowest BCUT2D eigenvalue weighted by Gasteiger charge is -2.01. The van der Waals surface area contributed by atoms with Gasteiger partial charge >= 0.3 is 0 Å². The molecule has 2 aromatic rings. The number of thiazole rings is 1. The number of nitrogen functional groups attached to an aromatic ring is 1. The first kappa shape index (κ1) is 12.0. The van der Waals surface area contributed by atoms with Crippen LogP contribution in [0.15, 0.2) is 15.1 Å². The Balaban J connectivity index is 2.17. The van der Waals surface area contributed by atoms with Gasteiger partial charge < -0.3 is 10.3 Å². The van der Waals surface area contributed by atoms with Crippen LogP contribution < -0.4 is 10.5 Å². The number of rotatable bonds is 4. The third-order valence-electron chi connectivity index (χ3n) is 1.84. The van der Waals surface area contributed by atoms with E-state index in [4.69, 9.17) is 5.73 Å². The number of sulfonamides is 1. The van der Waals surface area contributed by atoms with Gasteiger partial charge in [0.05, 0.1) is 12.2 Å². The van der Waals surface area contributed by atoms with Crippen LogP contribution in [0.25, 0.3) is 0 Å². The van der Waals surface area contributed by atoms with Gasteiger partial charge in [-0.05, 0) is 6.92 Å². The van der Waals surface area contributed by atoms with Crippen molar-refractivity contribution in [3.05, 3.63) is 17.9 Å². The first-order valence-electron chi connectivity index (χ1n) is 4.47. The Kier molecular flexibility index (Phi) is 3.09. The topological polar surface area (TPSA) is 124 Å². The number of hydrogen-bond acceptors (Lipinski definition) is 8. The first-order chi connectivity index (χ1) is 7.99. The predicted octanol–water partition coefficient (Wildman–Crippen LogP) is -0.105. The van der Waals surface area contributed by atoms with Crippen molar-refractivity contribution >= 4 is 26.5 Å². The normalized spacial score (nSPS) is 11.8. The molecule has 2 rings (SSSR count). The Bertz CT molecular complexity index is 603. The molecule has 0 radical (unpaired) electrons. The van der Waals surface area contributed by atoms with Crippen molar-refractivity contribution in [1.29, 1.82) is 0 Å². The van der Waals surface area contributed by atoms with Gasteiger partial charge in [-0.1, -0.05) is 16.5 Å². The first-order valence-corrected chi connectivity index (χ1v) is 6.77. The SMILES string of the molecule is Cc1nc(N)sc1S(=O)(=O)NCc1ncon1. The maximum absolute atomic E-state index is 11.9. The molecule has 0 saturated carbocycles. The second kappa shape index (κ2) is 4.39. The van der Waals surface area contributed by atoms with E-state index in [1.165, 1.54) is 0 Å². The molecule has 0 aliphatic heterocycles. The zero-order valence-corrected chi connectivity index (χ0v) is 10.4. The van der Waals surface area contributed by atoms with Gasteiger partial charge in [-0.3, -0.25) is 0 Å². The number of aromatic nitrogens is 3. The fraction of sp³-hybridized carbons (Fsp3) is 0.286. The maximum Gasteiger partial charge on any atom is 0.252 e. The third kappa shape index (κ3) is 2.60. The predicted molar refractivity (Wildman–Crippen MR) is 59.6 cm³/mol. The van der Waals surface area contributed by atoms with Crippen molar-refractivity contribution in [2.24, 2.45) is 0 Å². The number of nitrogens with zero attached hydrogens (tertiary/aromatic N) is 3. The molecule has 0 amide bonds. The van der Waals surface area contributed by atoms with Crippen LogP contribution in [0, 0.1) is 6.92 Å². The largest absolute Gasteiger partial charge is 0.375 e. The lowest BCUT2D eigenvalue weighted by Crippen LogP contribution is -2.23. The summed E-state index contributed by atoms with van der Waals surface area (Å²) in [5.74, 6) is 0.253. The quantitative estimate of drug-likeness (QED) is 0.798. The molecule has 0 atom stereocenters. The minimum atomic E-state index is -3.64. The highest BCUT2D eigenvalue weighted by Crippen LogP contribution is 2.24. The summed E-state index contributed by atoms with van der Waals surface area (Å²) in [6, 6.07) is 0. The monoisotopic (exact) mass is 275 g/mol. The van der Waals surface area contributed by atoms with E-state index in [1.807, 2.05) is 0 Å². The zero-order valence-electron chi connectivity index (χ0n) is 8.74. The van der Waals surface area contributed by atoms with E-state index in [1.54, 1.807) is 6.92 Å². The fourth-order valence-electron chi connectivity index (χ4n) is 1.15. The number of hydrogen-bond donors (Lipinski definition) is 2. The van der Waals surface area contributed by atoms with Crippen molar-refractivity contribution in [2.75, 3.05) is 5.73 Å². The highest BCUT2D eigenvalue weighted by atomic mass is 32.2. The van der Waals surface area contributed by atoms with Crippen LogP contribution >= 0.6 is 11.3 Å². The fourth-order valence-corrected chi connectivity index (χ4v) is 3.47. The van der Waals surface area contributed by atoms with Gasteiger partial charge in [-0.15, -0.1) is 0 Å². The summed E-state index contributed by atoms with van der Waals surface area (Å²) < 4.78 is 30.7. The van der Waals surface area contributed by atoms with Crippen molar-refractivity contribution in [1.82, 2.24) is 19.8 Å². The molecule has 10 heteroatoms. The third-order valence-corrected chi connectivity index (χ3v) is 4.84. The summed E-state index contributed by atoms with van der Waals surface area (Å²) >= 11 is 0.910. The Morgan fingerprint density at radius 1 is 1.59 bits per heavy atom. The van der Waals surface area contributed by atoms with Gasteiger partial charge in [0.1, 0.15) is 0 Å². The van der Waals surface area contributed by atoms with Gasteiger partial charge in [0, 0.05) is 0 Å². The summed E-state index contributed by atoms with van der Waals surface area (Å²) in [6.07, 6.45) is 1.12. The molecule has 17 heavy (non-hydrogen) atoms. The van der Waals surface area contributed by atoms with Gasteiger partial charge in [-0.2, -0.15) is 4.98 Å². The summed E-state index contributed by atoms with van der Waals surface area (Å²) in [7, 11) is -3.64. The van der Waals surface area contributed by atoms with Crippen LogP contribution in [0.4, 0.5) is 5.13 Å². The molecule has 0 aliphatic rings. The van der Waals surface area contributed by atoms with E-state index in [0.717, 1.165) is 17.7 Å². The number of nitrogens with one attached hydrogen (secondary N) is 1. The Morgan fingerprint density at radius 3 is 2.88 bits per heavy atom. The maximum atomic E-state index is 11.9. The summed E-state index contributed by atoms with van der Waals surface area (Å²) in [6.45, 7) is 1.53. The van der Waals surface area contributed by atoms with Gasteiger partial charge in [0.2, 0.25) is 6.39 Å². The van der Waals surface area contributed by atoms with Crippen molar-refractivity contribution in [3.63, 3.8) is 0 Å². The summed E-state index contributed by atoms with van der Waals surface area (Å²) in [5, 5.41) is 3.70. The van der Waals surface area contributed by atoms with Crippen LogP contribution in [-0.4, -0.2) is 23.5 Å². The van der Waals surface area contributed by atoms with E-state index in [9.17, 15) is 8.42 Å². The highest BCUT2D eigenvalue weighted by Gasteiger charge is 2.21. The van der Waals surface area contributed by atoms with Crippen molar-refractivity contribution < 1.29 is 12.9 Å². The molecule has 0 bridgehead atoms. The highest BCUT2D eigenvalue weighted by molar-refractivity contribution is 7.91. The lowest BCUT2D eigenvalue weighted by molar-refractivity contribution is 0.409. The molecule has 92 valence electrons. The Hall–Kier alpha value is -1.52. The molecule has 2 heterocycles. The van der Waals surface area contributed by atoms with Gasteiger partial charge in [-0.25, -0.2) is 18.1 Å². The van der Waals surface area contributed by atoms with E-state index in [2.05, 4.69) is 24.4 Å². The van der Waals surface area contributed by atoms with Crippen molar-refractivity contribution in [2.45, 2.75) is 17.7 Å². The van der Waals surface area contributed by atoms with Gasteiger partial charge in [0.25, 0.3) is 10.0 Å². The molecular weight excluding hydrogens is 266 g/mol. The molecule has 0 unspecified atom stereocenters. The minimum absolute atomic E-state index is 0.0456. The standard InChI is InChI=1S/C7H9N5O3S2/c1-4-6(16-7(8)11-4)17(13,14)10-2-5-9-3-15-12-5/h3,10H,2H2,1H3,(H2,8,11). The van der Waals surface area contributed by atoms with Crippen LogP contribution in [0.1, 0.15) is 11.5 Å². The van der Waals surface area contributed by atoms with Crippen LogP contribution in [0.3, 0.4) is 0 Å². The summed E-state index contributed by atoms with van der Waals surface area (Å²) in [4.78, 5) is 7.55. The van der Waals surface area contributed by atoms with E-state index in [-0.39, 0.29) is 21.7 Å². The molecule has 0 spiro atoms. The van der Waals surface area contributed by atoms with E-state index in [0.29, 0.717) is 5.69 Å². The molecule has 8 nitrogen and oxygen atoms in total. The van der Waals surface area contributed by atoms with E-state index < -0.39 is 10.0 Å². The molecular formula is C7H9N5O3S2. The number of nitrogens with two attached hydrogens (primary N) is 1. The molecule has 2 aromatic heterocycles. The average Bonchev–Trinajstić information content (AvgIpc) is 2.85. The van der Waals surface area contributed by atoms with Gasteiger partial charge in [0.15, 0.2) is 15.2 Å². The second-order valence-corrected chi connectivity index (χ2v) is 6.09. The molecule has 3 N–H and O–H groups in total. The lowest BCUT2D eigenvalue weighted by atomic mass is 10.6. The summed E-state index contributed by atoms with van der Waals surface area (Å²) in [5.41, 5.74) is 5.81. The second-order valence-electron chi connectivity index (χ2n) is 3.10. The molecule has 0 aromatic carbocycles. The molecule has 0 aliphatic carbocycles. The van der Waals surface area contributed by atoms with Crippen LogP contribution in [0.2, 0.25) is 0 Å². The number of aryl methyl sites for hydroxylation is 1. The van der Waals surface area contributed by atoms with Crippen LogP contribution in [0.5, 0.6) is 0 Å². The smallest absolute Gasteiger partial charge is 0.252 e. The van der Waals surface area contributed by atoms with Crippen LogP contribution in [-0.2, 0) is 16.6 Å². The Morgan fingerprint density at radius 2 is 2.35 bits per heavy atom. The Labute approximate surface area is 101 Å². The average molecular weight is 275 g/mol. The molecule has 0 saturated heterocycles. The van der Waals surface area contributed by atoms with Crippen molar-refractivity contribution in [3.8, 4) is 0 Å².